The maximum atomic E-state index is 11.6. The van der Waals surface area contributed by atoms with Gasteiger partial charge in [0.1, 0.15) is 0 Å². The van der Waals surface area contributed by atoms with Gasteiger partial charge >= 0.3 is 0 Å². The predicted octanol–water partition coefficient (Wildman–Crippen LogP) is 0.940. The van der Waals surface area contributed by atoms with Gasteiger partial charge < -0.3 is 16.8 Å². The molecule has 98 valence electrons. The lowest BCUT2D eigenvalue weighted by molar-refractivity contribution is -0.116. The summed E-state index contributed by atoms with van der Waals surface area (Å²) in [6.07, 6.45) is 0.259. The van der Waals surface area contributed by atoms with Crippen molar-refractivity contribution in [3.8, 4) is 0 Å². The molecule has 1 atom stereocenters. The van der Waals surface area contributed by atoms with E-state index in [1.54, 1.807) is 13.0 Å². The number of benzene rings is 1. The van der Waals surface area contributed by atoms with E-state index in [0.717, 1.165) is 4.90 Å². The fraction of sp³-hybridized carbons (Fsp3) is 0.333. The summed E-state index contributed by atoms with van der Waals surface area (Å²) in [5, 5.41) is 2.77. The van der Waals surface area contributed by atoms with Crippen molar-refractivity contribution >= 4 is 29.3 Å². The summed E-state index contributed by atoms with van der Waals surface area (Å²) >= 11 is 1.30. The summed E-state index contributed by atoms with van der Waals surface area (Å²) in [4.78, 5) is 23.2. The number of anilines is 1. The molecule has 1 rings (SSSR count). The molecule has 1 aromatic rings. The fourth-order valence-electron chi connectivity index (χ4n) is 1.34. The molecule has 2 amide bonds. The molecule has 0 aromatic heterocycles. The fourth-order valence-corrected chi connectivity index (χ4v) is 2.09. The molecule has 0 aliphatic carbocycles. The van der Waals surface area contributed by atoms with Crippen LogP contribution in [0.3, 0.4) is 0 Å². The molecule has 6 heteroatoms. The Morgan fingerprint density at radius 2 is 2.06 bits per heavy atom. The summed E-state index contributed by atoms with van der Waals surface area (Å²) in [5.74, 6) is -0.353. The van der Waals surface area contributed by atoms with Gasteiger partial charge in [-0.15, -0.1) is 11.8 Å². The smallest absolute Gasteiger partial charge is 0.227 e. The second-order valence-electron chi connectivity index (χ2n) is 3.98. The quantitative estimate of drug-likeness (QED) is 0.668. The highest BCUT2D eigenvalue weighted by atomic mass is 32.2. The first-order valence-electron chi connectivity index (χ1n) is 5.54. The normalized spacial score (nSPS) is 11.9. The van der Waals surface area contributed by atoms with E-state index in [-0.39, 0.29) is 24.1 Å². The van der Waals surface area contributed by atoms with Crippen molar-refractivity contribution in [3.63, 3.8) is 0 Å². The minimum Gasteiger partial charge on any atom is -0.369 e. The summed E-state index contributed by atoms with van der Waals surface area (Å²) in [7, 11) is 0. The van der Waals surface area contributed by atoms with E-state index in [2.05, 4.69) is 5.32 Å². The molecule has 0 radical (unpaired) electrons. The second-order valence-corrected chi connectivity index (χ2v) is 5.00. The molecule has 0 aliphatic heterocycles. The maximum Gasteiger partial charge on any atom is 0.227 e. The molecule has 5 N–H and O–H groups in total. The van der Waals surface area contributed by atoms with E-state index < -0.39 is 5.91 Å². The molecule has 1 unspecified atom stereocenters. The topological polar surface area (TPSA) is 98.2 Å². The summed E-state index contributed by atoms with van der Waals surface area (Å²) in [6, 6.07) is 7.08. The molecule has 0 heterocycles. The number of carbonyl (C=O) groups is 2. The third-order valence-corrected chi connectivity index (χ3v) is 3.13. The number of para-hydroxylation sites is 1. The van der Waals surface area contributed by atoms with Gasteiger partial charge in [0.15, 0.2) is 0 Å². The van der Waals surface area contributed by atoms with Crippen molar-refractivity contribution in [2.45, 2.75) is 24.3 Å². The molecule has 18 heavy (non-hydrogen) atoms. The first-order valence-corrected chi connectivity index (χ1v) is 6.53. The molecule has 0 aliphatic rings. The van der Waals surface area contributed by atoms with Crippen LogP contribution in [0, 0.1) is 0 Å². The predicted molar refractivity (Wildman–Crippen MR) is 73.3 cm³/mol. The highest BCUT2D eigenvalue weighted by Gasteiger charge is 2.09. The van der Waals surface area contributed by atoms with Gasteiger partial charge in [-0.25, -0.2) is 0 Å². The number of nitrogens with two attached hydrogens (primary N) is 2. The molecular weight excluding hydrogens is 250 g/mol. The van der Waals surface area contributed by atoms with Crippen LogP contribution in [0.15, 0.2) is 29.2 Å². The van der Waals surface area contributed by atoms with Gasteiger partial charge in [-0.1, -0.05) is 12.1 Å². The van der Waals surface area contributed by atoms with Crippen molar-refractivity contribution in [3.05, 3.63) is 24.3 Å². The lowest BCUT2D eigenvalue weighted by atomic mass is 10.2. The summed E-state index contributed by atoms with van der Waals surface area (Å²) in [6.45, 7) is 1.77. The van der Waals surface area contributed by atoms with E-state index in [1.165, 1.54) is 11.8 Å². The average molecular weight is 267 g/mol. The first-order chi connectivity index (χ1) is 8.49. The highest BCUT2D eigenvalue weighted by Crippen LogP contribution is 2.26. The minimum atomic E-state index is -0.392. The number of thioether (sulfide) groups is 1. The summed E-state index contributed by atoms with van der Waals surface area (Å²) in [5.41, 5.74) is 11.3. The van der Waals surface area contributed by atoms with Crippen molar-refractivity contribution in [1.29, 1.82) is 0 Å². The Balaban J connectivity index is 2.69. The van der Waals surface area contributed by atoms with Crippen molar-refractivity contribution in [1.82, 2.24) is 0 Å². The molecule has 0 fully saturated rings. The van der Waals surface area contributed by atoms with Gasteiger partial charge in [-0.2, -0.15) is 0 Å². The van der Waals surface area contributed by atoms with E-state index >= 15 is 0 Å². The largest absolute Gasteiger partial charge is 0.369 e. The zero-order valence-electron chi connectivity index (χ0n) is 10.2. The first kappa shape index (κ1) is 14.5. The maximum absolute atomic E-state index is 11.6. The SMILES string of the molecule is CC(N)CC(=O)Nc1ccccc1SCC(N)=O. The Morgan fingerprint density at radius 1 is 1.39 bits per heavy atom. The third-order valence-electron chi connectivity index (χ3n) is 2.04. The zero-order valence-corrected chi connectivity index (χ0v) is 11.0. The molecule has 5 nitrogen and oxygen atoms in total. The van der Waals surface area contributed by atoms with Gasteiger partial charge in [-0.05, 0) is 19.1 Å². The van der Waals surface area contributed by atoms with Gasteiger partial charge in [-0.3, -0.25) is 9.59 Å². The van der Waals surface area contributed by atoms with Crippen LogP contribution in [0.4, 0.5) is 5.69 Å². The van der Waals surface area contributed by atoms with Crippen molar-refractivity contribution in [2.24, 2.45) is 11.5 Å². The van der Waals surface area contributed by atoms with Gasteiger partial charge in [0, 0.05) is 17.4 Å². The van der Waals surface area contributed by atoms with Crippen LogP contribution in [-0.4, -0.2) is 23.6 Å². The van der Waals surface area contributed by atoms with Crippen molar-refractivity contribution < 1.29 is 9.59 Å². The second kappa shape index (κ2) is 7.03. The highest BCUT2D eigenvalue weighted by molar-refractivity contribution is 8.00. The number of primary amides is 1. The molecule has 0 saturated carbocycles. The summed E-state index contributed by atoms with van der Waals surface area (Å²) < 4.78 is 0. The van der Waals surface area contributed by atoms with Crippen LogP contribution in [0.25, 0.3) is 0 Å². The van der Waals surface area contributed by atoms with Crippen LogP contribution < -0.4 is 16.8 Å². The Bertz CT molecular complexity index is 435. The van der Waals surface area contributed by atoms with Crippen LogP contribution in [-0.2, 0) is 9.59 Å². The monoisotopic (exact) mass is 267 g/mol. The molecular formula is C12H17N3O2S. The number of amides is 2. The van der Waals surface area contributed by atoms with E-state index in [4.69, 9.17) is 11.5 Å². The van der Waals surface area contributed by atoms with Gasteiger partial charge in [0.2, 0.25) is 11.8 Å². The van der Waals surface area contributed by atoms with Crippen LogP contribution >= 0.6 is 11.8 Å². The van der Waals surface area contributed by atoms with Gasteiger partial charge in [0.25, 0.3) is 0 Å². The Hall–Kier alpha value is -1.53. The number of hydrogen-bond acceptors (Lipinski definition) is 4. The van der Waals surface area contributed by atoms with E-state index in [1.807, 2.05) is 18.2 Å². The number of carbonyl (C=O) groups excluding carboxylic acids is 2. The number of hydrogen-bond donors (Lipinski definition) is 3. The van der Waals surface area contributed by atoms with Crippen LogP contribution in [0.5, 0.6) is 0 Å². The standard InChI is InChI=1S/C12H17N3O2S/c1-8(13)6-12(17)15-9-4-2-3-5-10(9)18-7-11(14)16/h2-5,8H,6-7,13H2,1H3,(H2,14,16)(H,15,17). The van der Waals surface area contributed by atoms with Crippen LogP contribution in [0.1, 0.15) is 13.3 Å². The molecule has 0 bridgehead atoms. The zero-order chi connectivity index (χ0) is 13.5. The Labute approximate surface area is 110 Å². The lowest BCUT2D eigenvalue weighted by Crippen LogP contribution is -2.24. The number of nitrogens with one attached hydrogen (secondary N) is 1. The molecule has 0 saturated heterocycles. The van der Waals surface area contributed by atoms with E-state index in [0.29, 0.717) is 5.69 Å². The lowest BCUT2D eigenvalue weighted by Gasteiger charge is -2.11. The minimum absolute atomic E-state index is 0.142. The number of rotatable bonds is 6. The van der Waals surface area contributed by atoms with Crippen molar-refractivity contribution in [2.75, 3.05) is 11.1 Å². The van der Waals surface area contributed by atoms with E-state index in [9.17, 15) is 9.59 Å². The third kappa shape index (κ3) is 5.20. The average Bonchev–Trinajstić information content (AvgIpc) is 2.26. The Morgan fingerprint density at radius 3 is 2.67 bits per heavy atom. The molecule has 1 aromatic carbocycles. The van der Waals surface area contributed by atoms with Gasteiger partial charge in [0.05, 0.1) is 11.4 Å². The van der Waals surface area contributed by atoms with Crippen LogP contribution in [0.2, 0.25) is 0 Å². The molecule has 0 spiro atoms. The Kier molecular flexibility index (Phi) is 5.67.